The monoisotopic (exact) mass is 462 g/mol. The molecule has 3 atom stereocenters. The molecule has 7 nitrogen and oxygen atoms in total. The van der Waals surface area contributed by atoms with Crippen LogP contribution in [-0.4, -0.2) is 47.5 Å². The molecule has 2 aromatic rings. The van der Waals surface area contributed by atoms with Crippen LogP contribution >= 0.6 is 0 Å². The zero-order valence-corrected chi connectivity index (χ0v) is 20.0. The first-order valence-electron chi connectivity index (χ1n) is 11.7. The van der Waals surface area contributed by atoms with Crippen molar-refractivity contribution in [2.45, 2.75) is 69.7 Å². The molecule has 0 aromatic heterocycles. The average molecular weight is 463 g/mol. The summed E-state index contributed by atoms with van der Waals surface area (Å²) in [5.41, 5.74) is 1.21. The lowest BCUT2D eigenvalue weighted by atomic mass is 9.64. The predicted molar refractivity (Wildman–Crippen MR) is 127 cm³/mol. The van der Waals surface area contributed by atoms with E-state index in [9.17, 15) is 14.4 Å². The number of Topliss-reactive ketones (excluding diaryl/α,β-unsaturated/α-hetero) is 1. The average Bonchev–Trinajstić information content (AvgIpc) is 3.21. The fraction of sp³-hybridized carbons (Fsp3) is 0.444. The Balaban J connectivity index is 1.63. The van der Waals surface area contributed by atoms with Crippen LogP contribution in [0.1, 0.15) is 51.2 Å². The van der Waals surface area contributed by atoms with Gasteiger partial charge in [0.1, 0.15) is 17.1 Å². The molecule has 0 N–H and O–H groups in total. The van der Waals surface area contributed by atoms with Crippen molar-refractivity contribution in [3.63, 3.8) is 0 Å². The number of nitrogens with zero attached hydrogens (tertiary/aromatic N) is 2. The molecule has 1 spiro atoms. The van der Waals surface area contributed by atoms with Crippen LogP contribution in [0.4, 0.5) is 10.5 Å². The molecule has 5 rings (SSSR count). The van der Waals surface area contributed by atoms with Gasteiger partial charge in [0.05, 0.1) is 24.9 Å². The summed E-state index contributed by atoms with van der Waals surface area (Å²) in [4.78, 5) is 43.4. The van der Waals surface area contributed by atoms with Gasteiger partial charge in [0.15, 0.2) is 0 Å². The minimum atomic E-state index is -0.700. The lowest BCUT2D eigenvalue weighted by Crippen LogP contribution is -2.58. The Morgan fingerprint density at radius 2 is 1.76 bits per heavy atom. The number of ketones is 1. The number of rotatable bonds is 3. The SMILES string of the molecule is COc1ccc2c(c1)N(C(=O)OC(C)(C)C)[C@H]1CC(=O)C[C@@H]3N(Cc4ccccc4)C(=O)C[C@@]231. The van der Waals surface area contributed by atoms with Crippen molar-refractivity contribution in [1.82, 2.24) is 4.90 Å². The Morgan fingerprint density at radius 1 is 1.06 bits per heavy atom. The fourth-order valence-corrected chi connectivity index (χ4v) is 5.94. The summed E-state index contributed by atoms with van der Waals surface area (Å²) in [6.45, 7) is 5.89. The van der Waals surface area contributed by atoms with Gasteiger partial charge in [-0.15, -0.1) is 0 Å². The van der Waals surface area contributed by atoms with Gasteiger partial charge in [-0.25, -0.2) is 4.79 Å². The first-order valence-corrected chi connectivity index (χ1v) is 11.7. The van der Waals surface area contributed by atoms with E-state index in [-0.39, 0.29) is 37.0 Å². The zero-order valence-electron chi connectivity index (χ0n) is 20.0. The highest BCUT2D eigenvalue weighted by Crippen LogP contribution is 2.58. The summed E-state index contributed by atoms with van der Waals surface area (Å²) in [5.74, 6) is 0.656. The summed E-state index contributed by atoms with van der Waals surface area (Å²) < 4.78 is 11.2. The minimum Gasteiger partial charge on any atom is -0.497 e. The molecule has 1 saturated heterocycles. The molecule has 2 aromatic carbocycles. The quantitative estimate of drug-likeness (QED) is 0.683. The van der Waals surface area contributed by atoms with E-state index in [1.54, 1.807) is 12.0 Å². The first-order chi connectivity index (χ1) is 16.1. The Labute approximate surface area is 199 Å². The van der Waals surface area contributed by atoms with E-state index in [4.69, 9.17) is 9.47 Å². The van der Waals surface area contributed by atoms with E-state index >= 15 is 0 Å². The van der Waals surface area contributed by atoms with Crippen LogP contribution in [0.2, 0.25) is 0 Å². The third-order valence-electron chi connectivity index (χ3n) is 7.24. The number of fused-ring (bicyclic) bond motifs is 1. The third kappa shape index (κ3) is 3.45. The molecule has 178 valence electrons. The van der Waals surface area contributed by atoms with Gasteiger partial charge in [-0.1, -0.05) is 36.4 Å². The predicted octanol–water partition coefficient (Wildman–Crippen LogP) is 4.22. The number of carbonyl (C=O) groups excluding carboxylic acids is 3. The van der Waals surface area contributed by atoms with Gasteiger partial charge < -0.3 is 14.4 Å². The molecule has 0 bridgehead atoms. The molecule has 2 amide bonds. The Morgan fingerprint density at radius 3 is 2.44 bits per heavy atom. The number of carbonyl (C=O) groups is 3. The zero-order chi connectivity index (χ0) is 24.3. The molecular formula is C27H30N2O5. The summed E-state index contributed by atoms with van der Waals surface area (Å²) in [6.07, 6.45) is 0.217. The molecule has 0 unspecified atom stereocenters. The number of benzene rings is 2. The van der Waals surface area contributed by atoms with Crippen LogP contribution in [-0.2, 0) is 26.3 Å². The van der Waals surface area contributed by atoms with Gasteiger partial charge >= 0.3 is 6.09 Å². The van der Waals surface area contributed by atoms with Gasteiger partial charge in [-0.05, 0) is 38.0 Å². The van der Waals surface area contributed by atoms with Gasteiger partial charge in [0.2, 0.25) is 5.91 Å². The molecule has 1 saturated carbocycles. The third-order valence-corrected chi connectivity index (χ3v) is 7.24. The minimum absolute atomic E-state index is 0.00126. The van der Waals surface area contributed by atoms with Gasteiger partial charge in [-0.2, -0.15) is 0 Å². The summed E-state index contributed by atoms with van der Waals surface area (Å²) in [5, 5.41) is 0. The van der Waals surface area contributed by atoms with E-state index in [1.165, 1.54) is 0 Å². The Bertz CT molecular complexity index is 1160. The second-order valence-electron chi connectivity index (χ2n) is 10.4. The molecule has 34 heavy (non-hydrogen) atoms. The summed E-state index contributed by atoms with van der Waals surface area (Å²) in [7, 11) is 1.58. The number of anilines is 1. The maximum Gasteiger partial charge on any atom is 0.415 e. The van der Waals surface area contributed by atoms with Crippen LogP contribution in [0, 0.1) is 0 Å². The maximum atomic E-state index is 13.5. The van der Waals surface area contributed by atoms with Gasteiger partial charge in [0.25, 0.3) is 0 Å². The number of hydrogen-bond donors (Lipinski definition) is 0. The highest BCUT2D eigenvalue weighted by Gasteiger charge is 2.66. The molecule has 2 heterocycles. The molecule has 2 fully saturated rings. The topological polar surface area (TPSA) is 76.2 Å². The highest BCUT2D eigenvalue weighted by atomic mass is 16.6. The normalized spacial score (nSPS) is 25.6. The van der Waals surface area contributed by atoms with E-state index in [2.05, 4.69) is 0 Å². The van der Waals surface area contributed by atoms with E-state index in [1.807, 2.05) is 74.2 Å². The highest BCUT2D eigenvalue weighted by molar-refractivity contribution is 5.99. The molecule has 2 aliphatic heterocycles. The largest absolute Gasteiger partial charge is 0.497 e. The van der Waals surface area contributed by atoms with Crippen LogP contribution in [0.25, 0.3) is 0 Å². The molecule has 3 aliphatic rings. The number of likely N-dealkylation sites (tertiary alicyclic amines) is 1. The van der Waals surface area contributed by atoms with Crippen molar-refractivity contribution in [3.8, 4) is 5.75 Å². The molecule has 1 aliphatic carbocycles. The lowest BCUT2D eigenvalue weighted by molar-refractivity contribution is -0.130. The van der Waals surface area contributed by atoms with E-state index in [0.717, 1.165) is 11.1 Å². The van der Waals surface area contributed by atoms with Crippen molar-refractivity contribution >= 4 is 23.5 Å². The van der Waals surface area contributed by atoms with Crippen LogP contribution in [0.3, 0.4) is 0 Å². The summed E-state index contributed by atoms with van der Waals surface area (Å²) >= 11 is 0. The van der Waals surface area contributed by atoms with Crippen LogP contribution < -0.4 is 9.64 Å². The number of ether oxygens (including phenoxy) is 2. The Hall–Kier alpha value is -3.35. The summed E-state index contributed by atoms with van der Waals surface area (Å²) in [6, 6.07) is 14.6. The second-order valence-corrected chi connectivity index (χ2v) is 10.4. The molecule has 0 radical (unpaired) electrons. The van der Waals surface area contributed by atoms with Crippen molar-refractivity contribution < 1.29 is 23.9 Å². The van der Waals surface area contributed by atoms with Gasteiger partial charge in [0, 0.05) is 37.3 Å². The Kier molecular flexibility index (Phi) is 5.19. The number of hydrogen-bond acceptors (Lipinski definition) is 5. The number of amides is 2. The second kappa shape index (κ2) is 7.86. The molecule has 7 heteroatoms. The van der Waals surface area contributed by atoms with Crippen molar-refractivity contribution in [2.24, 2.45) is 0 Å². The lowest BCUT2D eigenvalue weighted by Gasteiger charge is -2.44. The van der Waals surface area contributed by atoms with Crippen LogP contribution in [0.15, 0.2) is 48.5 Å². The van der Waals surface area contributed by atoms with E-state index < -0.39 is 23.2 Å². The van der Waals surface area contributed by atoms with Crippen molar-refractivity contribution in [3.05, 3.63) is 59.7 Å². The number of methoxy groups -OCH3 is 1. The maximum absolute atomic E-state index is 13.5. The smallest absolute Gasteiger partial charge is 0.415 e. The fourth-order valence-electron chi connectivity index (χ4n) is 5.94. The van der Waals surface area contributed by atoms with Crippen molar-refractivity contribution in [2.75, 3.05) is 12.0 Å². The molecular weight excluding hydrogens is 432 g/mol. The van der Waals surface area contributed by atoms with Crippen LogP contribution in [0.5, 0.6) is 5.75 Å². The van der Waals surface area contributed by atoms with E-state index in [0.29, 0.717) is 18.0 Å². The van der Waals surface area contributed by atoms with Crippen molar-refractivity contribution in [1.29, 1.82) is 0 Å². The van der Waals surface area contributed by atoms with Gasteiger partial charge in [-0.3, -0.25) is 14.5 Å². The standard InChI is InChI=1S/C27H30N2O5/c1-26(2,3)34-25(32)29-21-14-19(33-4)10-11-20(21)27-15-24(31)28(16-17-8-6-5-7-9-17)22(27)12-18(30)13-23(27)29/h5-11,14,22-23H,12-13,15-16H2,1-4H3/t22-,23-,27+/m0/s1. The first kappa shape index (κ1) is 22.4.